The van der Waals surface area contributed by atoms with Gasteiger partial charge in [-0.1, -0.05) is 36.4 Å². The molecule has 1 unspecified atom stereocenters. The number of hydrogen-bond donors (Lipinski definition) is 2. The molecule has 0 radical (unpaired) electrons. The van der Waals surface area contributed by atoms with Crippen LogP contribution < -0.4 is 10.6 Å². The minimum atomic E-state index is -0.578. The van der Waals surface area contributed by atoms with Gasteiger partial charge in [-0.3, -0.25) is 19.5 Å². The van der Waals surface area contributed by atoms with E-state index in [1.54, 1.807) is 6.20 Å². The average molecular weight is 380 g/mol. The molecule has 2 aromatic rings. The number of aromatic nitrogens is 1. The molecular formula is C22H28N4O2. The Hall–Kier alpha value is -2.73. The Labute approximate surface area is 166 Å². The van der Waals surface area contributed by atoms with Gasteiger partial charge in [-0.15, -0.1) is 0 Å². The smallest absolute Gasteiger partial charge is 0.309 e. The summed E-state index contributed by atoms with van der Waals surface area (Å²) in [5.74, 6) is -0.723. The first-order chi connectivity index (χ1) is 13.6. The standard InChI is InChI=1S/C22H28N4O2/c1-17(20-7-3-2-4-8-20)25-22(28)21(27)24-15-18-9-12-26(13-10-18)16-19-6-5-11-23-14-19/h2-8,11,14,17-18H,9-10,12-13,15-16H2,1H3,(H,24,27)(H,25,28). The number of hydrogen-bond acceptors (Lipinski definition) is 4. The molecule has 1 aromatic heterocycles. The van der Waals surface area contributed by atoms with Gasteiger partial charge < -0.3 is 10.6 Å². The van der Waals surface area contributed by atoms with E-state index in [0.29, 0.717) is 12.5 Å². The molecule has 6 heteroatoms. The summed E-state index contributed by atoms with van der Waals surface area (Å²) in [6.07, 6.45) is 5.72. The molecular weight excluding hydrogens is 352 g/mol. The third-order valence-electron chi connectivity index (χ3n) is 5.24. The van der Waals surface area contributed by atoms with E-state index >= 15 is 0 Å². The van der Waals surface area contributed by atoms with Crippen LogP contribution in [-0.4, -0.2) is 41.3 Å². The first-order valence-electron chi connectivity index (χ1n) is 9.86. The van der Waals surface area contributed by atoms with Crippen LogP contribution >= 0.6 is 0 Å². The molecule has 1 atom stereocenters. The summed E-state index contributed by atoms with van der Waals surface area (Å²) >= 11 is 0. The topological polar surface area (TPSA) is 74.3 Å². The summed E-state index contributed by atoms with van der Waals surface area (Å²) in [4.78, 5) is 30.8. The molecule has 3 rings (SSSR count). The Balaban J connectivity index is 1.36. The predicted molar refractivity (Wildman–Crippen MR) is 108 cm³/mol. The Morgan fingerprint density at radius 2 is 1.86 bits per heavy atom. The number of carbonyl (C=O) groups excluding carboxylic acids is 2. The Morgan fingerprint density at radius 3 is 2.54 bits per heavy atom. The van der Waals surface area contributed by atoms with Crippen molar-refractivity contribution in [1.82, 2.24) is 20.5 Å². The lowest BCUT2D eigenvalue weighted by atomic mass is 9.96. The molecule has 1 aliphatic rings. The van der Waals surface area contributed by atoms with Crippen LogP contribution in [0.25, 0.3) is 0 Å². The Morgan fingerprint density at radius 1 is 1.11 bits per heavy atom. The lowest BCUT2D eigenvalue weighted by Crippen LogP contribution is -2.44. The van der Waals surface area contributed by atoms with E-state index in [0.717, 1.165) is 38.0 Å². The van der Waals surface area contributed by atoms with E-state index < -0.39 is 11.8 Å². The van der Waals surface area contributed by atoms with Gasteiger partial charge in [0.2, 0.25) is 0 Å². The van der Waals surface area contributed by atoms with Crippen molar-refractivity contribution in [2.24, 2.45) is 5.92 Å². The molecule has 6 nitrogen and oxygen atoms in total. The van der Waals surface area contributed by atoms with Crippen molar-refractivity contribution in [2.75, 3.05) is 19.6 Å². The Kier molecular flexibility index (Phi) is 7.14. The average Bonchev–Trinajstić information content (AvgIpc) is 2.74. The van der Waals surface area contributed by atoms with Crippen molar-refractivity contribution in [3.8, 4) is 0 Å². The fourth-order valence-electron chi connectivity index (χ4n) is 3.50. The molecule has 0 aliphatic carbocycles. The summed E-state index contributed by atoms with van der Waals surface area (Å²) < 4.78 is 0. The molecule has 1 aliphatic heterocycles. The van der Waals surface area contributed by atoms with Crippen LogP contribution in [0.3, 0.4) is 0 Å². The van der Waals surface area contributed by atoms with Gasteiger partial charge in [-0.25, -0.2) is 0 Å². The summed E-state index contributed by atoms with van der Waals surface area (Å²) in [6.45, 7) is 5.32. The highest BCUT2D eigenvalue weighted by Crippen LogP contribution is 2.18. The van der Waals surface area contributed by atoms with Gasteiger partial charge in [-0.2, -0.15) is 0 Å². The zero-order valence-electron chi connectivity index (χ0n) is 16.3. The second kappa shape index (κ2) is 9.99. The highest BCUT2D eigenvalue weighted by Gasteiger charge is 2.22. The molecule has 1 saturated heterocycles. The third-order valence-corrected chi connectivity index (χ3v) is 5.24. The molecule has 2 heterocycles. The van der Waals surface area contributed by atoms with E-state index in [4.69, 9.17) is 0 Å². The molecule has 2 amide bonds. The summed E-state index contributed by atoms with van der Waals surface area (Å²) in [5, 5.41) is 5.55. The van der Waals surface area contributed by atoms with E-state index in [-0.39, 0.29) is 6.04 Å². The maximum atomic E-state index is 12.1. The van der Waals surface area contributed by atoms with Gasteiger partial charge in [-0.05, 0) is 56.0 Å². The van der Waals surface area contributed by atoms with Crippen LogP contribution in [0, 0.1) is 5.92 Å². The third kappa shape index (κ3) is 5.89. The number of nitrogens with zero attached hydrogens (tertiary/aromatic N) is 2. The highest BCUT2D eigenvalue weighted by molar-refractivity contribution is 6.35. The number of likely N-dealkylation sites (tertiary alicyclic amines) is 1. The maximum Gasteiger partial charge on any atom is 0.309 e. The van der Waals surface area contributed by atoms with Gasteiger partial charge in [0.15, 0.2) is 0 Å². The van der Waals surface area contributed by atoms with E-state index in [1.165, 1.54) is 5.56 Å². The number of benzene rings is 1. The van der Waals surface area contributed by atoms with Crippen molar-refractivity contribution in [3.05, 3.63) is 66.0 Å². The molecule has 1 aromatic carbocycles. The zero-order valence-corrected chi connectivity index (χ0v) is 16.3. The van der Waals surface area contributed by atoms with Gasteiger partial charge in [0.25, 0.3) is 0 Å². The quantitative estimate of drug-likeness (QED) is 0.754. The van der Waals surface area contributed by atoms with Crippen LogP contribution in [0.15, 0.2) is 54.9 Å². The largest absolute Gasteiger partial charge is 0.348 e. The lowest BCUT2D eigenvalue weighted by molar-refractivity contribution is -0.139. The molecule has 28 heavy (non-hydrogen) atoms. The van der Waals surface area contributed by atoms with E-state index in [9.17, 15) is 9.59 Å². The van der Waals surface area contributed by atoms with E-state index in [2.05, 4.69) is 26.6 Å². The summed E-state index contributed by atoms with van der Waals surface area (Å²) in [7, 11) is 0. The molecule has 148 valence electrons. The number of pyridine rings is 1. The van der Waals surface area contributed by atoms with Crippen molar-refractivity contribution in [2.45, 2.75) is 32.4 Å². The van der Waals surface area contributed by atoms with Crippen LogP contribution in [-0.2, 0) is 16.1 Å². The van der Waals surface area contributed by atoms with Gasteiger partial charge in [0.1, 0.15) is 0 Å². The normalized spacial score (nSPS) is 16.3. The molecule has 0 spiro atoms. The number of piperidine rings is 1. The minimum Gasteiger partial charge on any atom is -0.348 e. The fourth-order valence-corrected chi connectivity index (χ4v) is 3.50. The second-order valence-electron chi connectivity index (χ2n) is 7.40. The van der Waals surface area contributed by atoms with Gasteiger partial charge in [0, 0.05) is 25.5 Å². The van der Waals surface area contributed by atoms with Crippen LogP contribution in [0.5, 0.6) is 0 Å². The van der Waals surface area contributed by atoms with Crippen molar-refractivity contribution < 1.29 is 9.59 Å². The minimum absolute atomic E-state index is 0.199. The monoisotopic (exact) mass is 380 g/mol. The first-order valence-corrected chi connectivity index (χ1v) is 9.86. The van der Waals surface area contributed by atoms with Gasteiger partial charge >= 0.3 is 11.8 Å². The number of nitrogens with one attached hydrogen (secondary N) is 2. The van der Waals surface area contributed by atoms with Crippen LogP contribution in [0.1, 0.15) is 36.9 Å². The maximum absolute atomic E-state index is 12.1. The predicted octanol–water partition coefficient (Wildman–Crippen LogP) is 2.29. The number of amides is 2. The van der Waals surface area contributed by atoms with Crippen LogP contribution in [0.4, 0.5) is 0 Å². The lowest BCUT2D eigenvalue weighted by Gasteiger charge is -2.31. The fraction of sp³-hybridized carbons (Fsp3) is 0.409. The van der Waals surface area contributed by atoms with Crippen molar-refractivity contribution >= 4 is 11.8 Å². The zero-order chi connectivity index (χ0) is 19.8. The van der Waals surface area contributed by atoms with Crippen molar-refractivity contribution in [3.63, 3.8) is 0 Å². The van der Waals surface area contributed by atoms with Gasteiger partial charge in [0.05, 0.1) is 6.04 Å². The molecule has 2 N–H and O–H groups in total. The number of carbonyl (C=O) groups is 2. The van der Waals surface area contributed by atoms with Crippen molar-refractivity contribution in [1.29, 1.82) is 0 Å². The first kappa shape index (κ1) is 20.0. The van der Waals surface area contributed by atoms with Crippen LogP contribution in [0.2, 0.25) is 0 Å². The summed E-state index contributed by atoms with van der Waals surface area (Å²) in [6, 6.07) is 13.5. The molecule has 0 bridgehead atoms. The molecule has 1 fully saturated rings. The SMILES string of the molecule is CC(NC(=O)C(=O)NCC1CCN(Cc2cccnc2)CC1)c1ccccc1. The van der Waals surface area contributed by atoms with E-state index in [1.807, 2.05) is 49.5 Å². The number of rotatable bonds is 6. The summed E-state index contributed by atoms with van der Waals surface area (Å²) in [5.41, 5.74) is 2.20. The second-order valence-corrected chi connectivity index (χ2v) is 7.40. The highest BCUT2D eigenvalue weighted by atomic mass is 16.2. The molecule has 0 saturated carbocycles. The Bertz CT molecular complexity index is 759.